The normalized spacial score (nSPS) is 10.9. The van der Waals surface area contributed by atoms with E-state index in [9.17, 15) is 0 Å². The Balaban J connectivity index is 1.97. The summed E-state index contributed by atoms with van der Waals surface area (Å²) in [5, 5.41) is 3.49. The quantitative estimate of drug-likeness (QED) is 0.753. The molecule has 0 fully saturated rings. The Labute approximate surface area is 121 Å². The molecule has 3 rings (SSSR count). The van der Waals surface area contributed by atoms with E-state index in [1.165, 1.54) is 5.56 Å². The van der Waals surface area contributed by atoms with Crippen LogP contribution in [0, 0.1) is 6.92 Å². The molecular formula is C14H14ClN5. The van der Waals surface area contributed by atoms with Crippen LogP contribution in [0.3, 0.4) is 0 Å². The summed E-state index contributed by atoms with van der Waals surface area (Å²) in [7, 11) is 1.91. The highest BCUT2D eigenvalue weighted by atomic mass is 35.5. The summed E-state index contributed by atoms with van der Waals surface area (Å²) in [5.41, 5.74) is 2.64. The van der Waals surface area contributed by atoms with Crippen LogP contribution in [0.4, 0.5) is 5.82 Å². The molecule has 20 heavy (non-hydrogen) atoms. The van der Waals surface area contributed by atoms with Gasteiger partial charge in [0.15, 0.2) is 17.0 Å². The fourth-order valence-electron chi connectivity index (χ4n) is 2.05. The highest BCUT2D eigenvalue weighted by Gasteiger charge is 2.13. The third-order valence-electron chi connectivity index (χ3n) is 3.22. The second-order valence-corrected chi connectivity index (χ2v) is 4.91. The Bertz CT molecular complexity index is 751. The summed E-state index contributed by atoms with van der Waals surface area (Å²) in [6.07, 6.45) is 0. The summed E-state index contributed by atoms with van der Waals surface area (Å²) >= 11 is 5.98. The van der Waals surface area contributed by atoms with Gasteiger partial charge in [0.25, 0.3) is 0 Å². The van der Waals surface area contributed by atoms with Crippen LogP contribution in [0.5, 0.6) is 0 Å². The molecule has 0 saturated heterocycles. The molecule has 0 aliphatic heterocycles. The molecule has 6 heteroatoms. The van der Waals surface area contributed by atoms with Gasteiger partial charge < -0.3 is 9.88 Å². The Morgan fingerprint density at radius 1 is 1.15 bits per heavy atom. The zero-order valence-corrected chi connectivity index (χ0v) is 12.0. The molecule has 0 radical (unpaired) electrons. The first kappa shape index (κ1) is 12.9. The Hall–Kier alpha value is -2.14. The van der Waals surface area contributed by atoms with E-state index in [0.29, 0.717) is 12.4 Å². The number of anilines is 1. The van der Waals surface area contributed by atoms with Crippen molar-refractivity contribution >= 4 is 28.6 Å². The van der Waals surface area contributed by atoms with E-state index in [1.54, 1.807) is 0 Å². The Morgan fingerprint density at radius 3 is 2.65 bits per heavy atom. The molecule has 0 atom stereocenters. The van der Waals surface area contributed by atoms with Gasteiger partial charge in [-0.15, -0.1) is 0 Å². The van der Waals surface area contributed by atoms with Crippen LogP contribution < -0.4 is 5.32 Å². The molecule has 0 spiro atoms. The molecule has 0 unspecified atom stereocenters. The van der Waals surface area contributed by atoms with Crippen molar-refractivity contribution in [3.05, 3.63) is 47.0 Å². The lowest BCUT2D eigenvalue weighted by molar-refractivity contribution is 0.873. The lowest BCUT2D eigenvalue weighted by Gasteiger charge is -2.06. The van der Waals surface area contributed by atoms with Gasteiger partial charge >= 0.3 is 0 Å². The fraction of sp³-hybridized carbons (Fsp3) is 0.214. The van der Waals surface area contributed by atoms with Gasteiger partial charge in [0.1, 0.15) is 5.82 Å². The molecule has 102 valence electrons. The van der Waals surface area contributed by atoms with E-state index >= 15 is 0 Å². The van der Waals surface area contributed by atoms with Crippen LogP contribution in [0.2, 0.25) is 5.28 Å². The molecule has 5 nitrogen and oxygen atoms in total. The minimum atomic E-state index is 0.219. The van der Waals surface area contributed by atoms with E-state index in [2.05, 4.69) is 32.4 Å². The summed E-state index contributed by atoms with van der Waals surface area (Å²) in [4.78, 5) is 12.9. The third kappa shape index (κ3) is 2.32. The van der Waals surface area contributed by atoms with E-state index in [0.717, 1.165) is 17.0 Å². The number of rotatable bonds is 3. The second-order valence-electron chi connectivity index (χ2n) is 4.57. The smallest absolute Gasteiger partial charge is 0.226 e. The van der Waals surface area contributed by atoms with Crippen molar-refractivity contribution in [3.63, 3.8) is 0 Å². The number of hydrogen-bond acceptors (Lipinski definition) is 4. The topological polar surface area (TPSA) is 55.6 Å². The molecule has 1 aromatic carbocycles. The maximum Gasteiger partial charge on any atom is 0.226 e. The third-order valence-corrected chi connectivity index (χ3v) is 3.39. The lowest BCUT2D eigenvalue weighted by Crippen LogP contribution is -2.03. The van der Waals surface area contributed by atoms with Crippen molar-refractivity contribution in [2.45, 2.75) is 13.5 Å². The minimum Gasteiger partial charge on any atom is -0.364 e. The van der Waals surface area contributed by atoms with Crippen LogP contribution in [0.25, 0.3) is 11.2 Å². The van der Waals surface area contributed by atoms with Gasteiger partial charge in [-0.25, -0.2) is 4.98 Å². The molecule has 2 heterocycles. The number of aromatic nitrogens is 4. The number of benzene rings is 1. The predicted octanol–water partition coefficient (Wildman–Crippen LogP) is 2.94. The van der Waals surface area contributed by atoms with Gasteiger partial charge in [0, 0.05) is 13.6 Å². The van der Waals surface area contributed by atoms with Crippen LogP contribution in [0.15, 0.2) is 30.3 Å². The molecule has 3 aromatic rings. The van der Waals surface area contributed by atoms with Gasteiger partial charge in [-0.1, -0.05) is 30.3 Å². The summed E-state index contributed by atoms with van der Waals surface area (Å²) in [6.45, 7) is 2.59. The molecule has 0 amide bonds. The zero-order valence-electron chi connectivity index (χ0n) is 11.3. The average Bonchev–Trinajstić information content (AvgIpc) is 2.74. The molecule has 2 aromatic heterocycles. The van der Waals surface area contributed by atoms with Gasteiger partial charge in [0.05, 0.1) is 0 Å². The SMILES string of the molecule is Cc1nc2c(NCc3ccccc3)nc(Cl)nc2n1C. The lowest BCUT2D eigenvalue weighted by atomic mass is 10.2. The van der Waals surface area contributed by atoms with Gasteiger partial charge in [-0.3, -0.25) is 0 Å². The van der Waals surface area contributed by atoms with Crippen LogP contribution in [-0.4, -0.2) is 19.5 Å². The number of hydrogen-bond donors (Lipinski definition) is 1. The monoisotopic (exact) mass is 287 g/mol. The number of aryl methyl sites for hydroxylation is 2. The molecule has 0 aliphatic carbocycles. The van der Waals surface area contributed by atoms with Gasteiger partial charge in [0.2, 0.25) is 5.28 Å². The van der Waals surface area contributed by atoms with Crippen LogP contribution in [0.1, 0.15) is 11.4 Å². The number of halogens is 1. The number of nitrogens with one attached hydrogen (secondary N) is 1. The van der Waals surface area contributed by atoms with Crippen LogP contribution in [-0.2, 0) is 13.6 Å². The van der Waals surface area contributed by atoms with Crippen LogP contribution >= 0.6 is 11.6 Å². The Kier molecular flexibility index (Phi) is 3.28. The van der Waals surface area contributed by atoms with Gasteiger partial charge in [-0.2, -0.15) is 9.97 Å². The average molecular weight is 288 g/mol. The first-order chi connectivity index (χ1) is 9.65. The van der Waals surface area contributed by atoms with E-state index < -0.39 is 0 Å². The van der Waals surface area contributed by atoms with E-state index in [-0.39, 0.29) is 5.28 Å². The maximum atomic E-state index is 5.98. The number of nitrogens with zero attached hydrogens (tertiary/aromatic N) is 4. The summed E-state index contributed by atoms with van der Waals surface area (Å²) < 4.78 is 1.90. The summed E-state index contributed by atoms with van der Waals surface area (Å²) in [5.74, 6) is 1.53. The maximum absolute atomic E-state index is 5.98. The standard InChI is InChI=1S/C14H14ClN5/c1-9-17-11-12(16-8-10-6-4-3-5-7-10)18-14(15)19-13(11)20(9)2/h3-7H,8H2,1-2H3,(H,16,18,19). The number of fused-ring (bicyclic) bond motifs is 1. The van der Waals surface area contributed by atoms with Crippen molar-refractivity contribution in [1.29, 1.82) is 0 Å². The number of imidazole rings is 1. The predicted molar refractivity (Wildman–Crippen MR) is 79.8 cm³/mol. The van der Waals surface area contributed by atoms with Crippen molar-refractivity contribution < 1.29 is 0 Å². The fourth-order valence-corrected chi connectivity index (χ4v) is 2.21. The zero-order chi connectivity index (χ0) is 14.1. The van der Waals surface area contributed by atoms with Crippen molar-refractivity contribution in [2.24, 2.45) is 7.05 Å². The Morgan fingerprint density at radius 2 is 1.90 bits per heavy atom. The van der Waals surface area contributed by atoms with E-state index in [4.69, 9.17) is 11.6 Å². The highest BCUT2D eigenvalue weighted by molar-refractivity contribution is 6.28. The first-order valence-corrected chi connectivity index (χ1v) is 6.67. The summed E-state index contributed by atoms with van der Waals surface area (Å²) in [6, 6.07) is 10.1. The molecule has 0 saturated carbocycles. The first-order valence-electron chi connectivity index (χ1n) is 6.29. The van der Waals surface area contributed by atoms with Crippen molar-refractivity contribution in [2.75, 3.05) is 5.32 Å². The largest absolute Gasteiger partial charge is 0.364 e. The molecule has 0 bridgehead atoms. The van der Waals surface area contributed by atoms with Crippen molar-refractivity contribution in [3.8, 4) is 0 Å². The minimum absolute atomic E-state index is 0.219. The van der Waals surface area contributed by atoms with E-state index in [1.807, 2.05) is 36.7 Å². The molecule has 0 aliphatic rings. The molecule has 1 N–H and O–H groups in total. The van der Waals surface area contributed by atoms with Crippen molar-refractivity contribution in [1.82, 2.24) is 19.5 Å². The second kappa shape index (κ2) is 5.09. The van der Waals surface area contributed by atoms with Gasteiger partial charge in [-0.05, 0) is 24.1 Å². The molecular weight excluding hydrogens is 274 g/mol. The highest BCUT2D eigenvalue weighted by Crippen LogP contribution is 2.22.